The number of amides is 1. The molecule has 4 nitrogen and oxygen atoms in total. The molecule has 2 fully saturated rings. The van der Waals surface area contributed by atoms with Crippen molar-refractivity contribution in [1.29, 1.82) is 0 Å². The first kappa shape index (κ1) is 17.5. The van der Waals surface area contributed by atoms with Crippen molar-refractivity contribution in [2.45, 2.75) is 56.7 Å². The van der Waals surface area contributed by atoms with E-state index >= 15 is 0 Å². The summed E-state index contributed by atoms with van der Waals surface area (Å²) in [5.74, 6) is 0.319. The molecule has 0 N–H and O–H groups in total. The maximum absolute atomic E-state index is 13.0. The number of fused-ring (bicyclic) bond motifs is 1. The summed E-state index contributed by atoms with van der Waals surface area (Å²) in [6, 6.07) is 10.2. The number of hydrogen-bond donors (Lipinski definition) is 0. The molecule has 0 radical (unpaired) electrons. The topological polar surface area (TPSA) is 54.5 Å². The Morgan fingerprint density at radius 2 is 2.00 bits per heavy atom. The molecular weight excluding hydrogens is 322 g/mol. The second-order valence-electron chi connectivity index (χ2n) is 7.19. The number of benzene rings is 1. The normalized spacial score (nSPS) is 27.9. The Balaban J connectivity index is 1.92. The standard InChI is InChI=1S/C19H27NO3S/c1-3-13-24(22,23)15(2)18(21)20-14-17-11-7-8-12-19(17,20)16-9-5-4-6-10-16/h4-6,9-10,15,17H,3,7-8,11-14H2,1-2H3/t15-,17+,19-/m1/s1. The Morgan fingerprint density at radius 3 is 2.62 bits per heavy atom. The molecule has 0 unspecified atom stereocenters. The molecule has 0 spiro atoms. The average molecular weight is 349 g/mol. The molecule has 1 saturated carbocycles. The second kappa shape index (κ2) is 6.51. The molecule has 3 atom stereocenters. The summed E-state index contributed by atoms with van der Waals surface area (Å²) >= 11 is 0. The van der Waals surface area contributed by atoms with E-state index in [-0.39, 0.29) is 17.2 Å². The van der Waals surface area contributed by atoms with Crippen LogP contribution < -0.4 is 0 Å². The third-order valence-electron chi connectivity index (χ3n) is 5.84. The third-order valence-corrected chi connectivity index (χ3v) is 8.09. The van der Waals surface area contributed by atoms with Crippen molar-refractivity contribution in [2.24, 2.45) is 5.92 Å². The number of carbonyl (C=O) groups excluding carboxylic acids is 1. The van der Waals surface area contributed by atoms with Crippen molar-refractivity contribution in [2.75, 3.05) is 12.3 Å². The molecule has 1 amide bonds. The van der Waals surface area contributed by atoms with Crippen LogP contribution in [0.4, 0.5) is 0 Å². The minimum atomic E-state index is -3.37. The largest absolute Gasteiger partial charge is 0.331 e. The summed E-state index contributed by atoms with van der Waals surface area (Å²) in [7, 11) is -3.37. The SMILES string of the molecule is CCCS(=O)(=O)[C@H](C)C(=O)N1C[C@@H]2CCCC[C@@]21c1ccccc1. The van der Waals surface area contributed by atoms with E-state index in [9.17, 15) is 13.2 Å². The zero-order valence-corrected chi connectivity index (χ0v) is 15.4. The van der Waals surface area contributed by atoms with Crippen LogP contribution in [0.5, 0.6) is 0 Å². The average Bonchev–Trinajstić information content (AvgIpc) is 2.56. The number of likely N-dealkylation sites (tertiary alicyclic amines) is 1. The predicted octanol–water partition coefficient (Wildman–Crippen LogP) is 3.13. The van der Waals surface area contributed by atoms with Gasteiger partial charge in [0.05, 0.1) is 11.3 Å². The van der Waals surface area contributed by atoms with Gasteiger partial charge in [-0.25, -0.2) is 8.42 Å². The van der Waals surface area contributed by atoms with Crippen molar-refractivity contribution < 1.29 is 13.2 Å². The van der Waals surface area contributed by atoms with Gasteiger partial charge in [-0.2, -0.15) is 0 Å². The molecule has 1 aromatic rings. The molecule has 5 heteroatoms. The van der Waals surface area contributed by atoms with Gasteiger partial charge < -0.3 is 4.90 Å². The minimum absolute atomic E-state index is 0.0789. The fourth-order valence-electron chi connectivity index (χ4n) is 4.48. The summed E-state index contributed by atoms with van der Waals surface area (Å²) in [4.78, 5) is 14.9. The van der Waals surface area contributed by atoms with E-state index in [4.69, 9.17) is 0 Å². The van der Waals surface area contributed by atoms with Gasteiger partial charge in [-0.05, 0) is 31.7 Å². The lowest BCUT2D eigenvalue weighted by Gasteiger charge is -2.62. The fourth-order valence-corrected chi connectivity index (χ4v) is 5.84. The highest BCUT2D eigenvalue weighted by molar-refractivity contribution is 7.92. The zero-order valence-electron chi connectivity index (χ0n) is 14.6. The number of carbonyl (C=O) groups is 1. The van der Waals surface area contributed by atoms with E-state index in [0.29, 0.717) is 18.9 Å². The van der Waals surface area contributed by atoms with Crippen LogP contribution in [-0.4, -0.2) is 36.8 Å². The van der Waals surface area contributed by atoms with Gasteiger partial charge in [-0.1, -0.05) is 50.1 Å². The monoisotopic (exact) mass is 349 g/mol. The van der Waals surface area contributed by atoms with Gasteiger partial charge >= 0.3 is 0 Å². The molecule has 1 aromatic carbocycles. The van der Waals surface area contributed by atoms with Crippen LogP contribution in [-0.2, 0) is 20.2 Å². The van der Waals surface area contributed by atoms with Crippen LogP contribution in [0.1, 0.15) is 51.5 Å². The Kier molecular flexibility index (Phi) is 4.73. The van der Waals surface area contributed by atoms with Crippen LogP contribution in [0.25, 0.3) is 0 Å². The summed E-state index contributed by atoms with van der Waals surface area (Å²) < 4.78 is 24.7. The maximum Gasteiger partial charge on any atom is 0.241 e. The first-order valence-corrected chi connectivity index (χ1v) is 10.7. The van der Waals surface area contributed by atoms with Crippen LogP contribution in [0.2, 0.25) is 0 Å². The first-order chi connectivity index (χ1) is 11.4. The van der Waals surface area contributed by atoms with Crippen LogP contribution in [0.3, 0.4) is 0 Å². The second-order valence-corrected chi connectivity index (χ2v) is 9.63. The lowest BCUT2D eigenvalue weighted by atomic mass is 9.61. The number of nitrogens with zero attached hydrogens (tertiary/aromatic N) is 1. The minimum Gasteiger partial charge on any atom is -0.331 e. The molecule has 2 aliphatic rings. The summed E-state index contributed by atoms with van der Waals surface area (Å²) in [5.41, 5.74) is 0.876. The van der Waals surface area contributed by atoms with E-state index in [1.165, 1.54) is 6.42 Å². The molecule has 1 heterocycles. The summed E-state index contributed by atoms with van der Waals surface area (Å²) in [6.45, 7) is 4.09. The van der Waals surface area contributed by atoms with Crippen LogP contribution in [0.15, 0.2) is 30.3 Å². The van der Waals surface area contributed by atoms with E-state index in [1.807, 2.05) is 30.0 Å². The smallest absolute Gasteiger partial charge is 0.241 e. The zero-order chi connectivity index (χ0) is 17.4. The van der Waals surface area contributed by atoms with E-state index in [1.54, 1.807) is 6.92 Å². The van der Waals surface area contributed by atoms with Crippen molar-refractivity contribution in [3.8, 4) is 0 Å². The first-order valence-electron chi connectivity index (χ1n) is 9.02. The molecular formula is C19H27NO3S. The van der Waals surface area contributed by atoms with E-state index < -0.39 is 15.1 Å². The lowest BCUT2D eigenvalue weighted by molar-refractivity contribution is -0.165. The van der Waals surface area contributed by atoms with Gasteiger partial charge in [0.2, 0.25) is 5.91 Å². The van der Waals surface area contributed by atoms with Gasteiger partial charge in [-0.3, -0.25) is 4.79 Å². The Morgan fingerprint density at radius 1 is 1.29 bits per heavy atom. The highest BCUT2D eigenvalue weighted by atomic mass is 32.2. The fraction of sp³-hybridized carbons (Fsp3) is 0.632. The maximum atomic E-state index is 13.0. The molecule has 1 aliphatic carbocycles. The van der Waals surface area contributed by atoms with Crippen LogP contribution >= 0.6 is 0 Å². The van der Waals surface area contributed by atoms with E-state index in [0.717, 1.165) is 24.8 Å². The molecule has 3 rings (SSSR count). The highest BCUT2D eigenvalue weighted by Crippen LogP contribution is 2.54. The van der Waals surface area contributed by atoms with Gasteiger partial charge in [0.1, 0.15) is 5.25 Å². The quantitative estimate of drug-likeness (QED) is 0.821. The van der Waals surface area contributed by atoms with Crippen LogP contribution in [0, 0.1) is 5.92 Å². The molecule has 24 heavy (non-hydrogen) atoms. The Hall–Kier alpha value is -1.36. The van der Waals surface area contributed by atoms with Gasteiger partial charge in [-0.15, -0.1) is 0 Å². The van der Waals surface area contributed by atoms with Gasteiger partial charge in [0.25, 0.3) is 0 Å². The highest BCUT2D eigenvalue weighted by Gasteiger charge is 2.58. The van der Waals surface area contributed by atoms with Crippen molar-refractivity contribution in [1.82, 2.24) is 4.90 Å². The molecule has 132 valence electrons. The predicted molar refractivity (Wildman–Crippen MR) is 95.3 cm³/mol. The molecule has 1 aliphatic heterocycles. The number of hydrogen-bond acceptors (Lipinski definition) is 3. The third kappa shape index (κ3) is 2.67. The lowest BCUT2D eigenvalue weighted by Crippen LogP contribution is -2.69. The van der Waals surface area contributed by atoms with Gasteiger partial charge in [0.15, 0.2) is 9.84 Å². The molecule has 0 aromatic heterocycles. The number of rotatable bonds is 5. The van der Waals surface area contributed by atoms with Crippen molar-refractivity contribution >= 4 is 15.7 Å². The summed E-state index contributed by atoms with van der Waals surface area (Å²) in [5, 5.41) is -0.944. The van der Waals surface area contributed by atoms with Crippen molar-refractivity contribution in [3.63, 3.8) is 0 Å². The van der Waals surface area contributed by atoms with Gasteiger partial charge in [0, 0.05) is 12.5 Å². The van der Waals surface area contributed by atoms with Crippen molar-refractivity contribution in [3.05, 3.63) is 35.9 Å². The van der Waals surface area contributed by atoms with E-state index in [2.05, 4.69) is 12.1 Å². The summed E-state index contributed by atoms with van der Waals surface area (Å²) in [6.07, 6.45) is 4.89. The Bertz CT molecular complexity index is 701. The number of sulfone groups is 1. The molecule has 0 bridgehead atoms. The Labute approximate surface area is 145 Å². The molecule has 1 saturated heterocycles.